The lowest BCUT2D eigenvalue weighted by Gasteiger charge is -2.25. The number of nitrogens with two attached hydrogens (primary N) is 1. The standard InChI is InChI=1S/C12H16BrNO3/c1-2-7-11(9(15)6-14)8(13)5-10-12(7)17-4-3-16-10/h5,9,15H,2-4,6,14H2,1H3. The van der Waals surface area contributed by atoms with Gasteiger partial charge in [0.1, 0.15) is 13.2 Å². The van der Waals surface area contributed by atoms with Gasteiger partial charge in [0.15, 0.2) is 11.5 Å². The van der Waals surface area contributed by atoms with Crippen molar-refractivity contribution in [3.05, 3.63) is 21.7 Å². The molecule has 3 N–H and O–H groups in total. The fraction of sp³-hybridized carbons (Fsp3) is 0.500. The van der Waals surface area contributed by atoms with Crippen molar-refractivity contribution in [3.63, 3.8) is 0 Å². The molecular formula is C12H16BrNO3. The van der Waals surface area contributed by atoms with Crippen LogP contribution in [0.3, 0.4) is 0 Å². The average molecular weight is 302 g/mol. The van der Waals surface area contributed by atoms with E-state index >= 15 is 0 Å². The van der Waals surface area contributed by atoms with E-state index in [-0.39, 0.29) is 6.54 Å². The predicted molar refractivity (Wildman–Crippen MR) is 68.5 cm³/mol. The minimum absolute atomic E-state index is 0.186. The summed E-state index contributed by atoms with van der Waals surface area (Å²) in [5.41, 5.74) is 7.30. The Morgan fingerprint density at radius 3 is 2.82 bits per heavy atom. The van der Waals surface area contributed by atoms with Crippen LogP contribution < -0.4 is 15.2 Å². The smallest absolute Gasteiger partial charge is 0.164 e. The van der Waals surface area contributed by atoms with E-state index in [1.807, 2.05) is 13.0 Å². The molecule has 1 aromatic carbocycles. The second-order valence-electron chi connectivity index (χ2n) is 3.88. The number of aliphatic hydroxyl groups is 1. The zero-order valence-electron chi connectivity index (χ0n) is 9.70. The highest BCUT2D eigenvalue weighted by Gasteiger charge is 2.24. The van der Waals surface area contributed by atoms with Crippen LogP contribution in [0.2, 0.25) is 0 Å². The molecule has 4 nitrogen and oxygen atoms in total. The number of rotatable bonds is 3. The van der Waals surface area contributed by atoms with Crippen LogP contribution in [0.15, 0.2) is 10.5 Å². The Balaban J connectivity index is 2.58. The number of fused-ring (bicyclic) bond motifs is 1. The first kappa shape index (κ1) is 12.7. The van der Waals surface area contributed by atoms with Gasteiger partial charge < -0.3 is 20.3 Å². The Kier molecular flexibility index (Phi) is 3.91. The maximum Gasteiger partial charge on any atom is 0.164 e. The third kappa shape index (κ3) is 2.27. The van der Waals surface area contributed by atoms with Gasteiger partial charge in [0, 0.05) is 22.1 Å². The van der Waals surface area contributed by atoms with Gasteiger partial charge in [-0.3, -0.25) is 0 Å². The maximum atomic E-state index is 9.97. The molecule has 94 valence electrons. The number of hydrogen-bond donors (Lipinski definition) is 2. The molecule has 1 aromatic rings. The van der Waals surface area contributed by atoms with E-state index in [9.17, 15) is 5.11 Å². The van der Waals surface area contributed by atoms with Gasteiger partial charge in [-0.25, -0.2) is 0 Å². The molecule has 1 aliphatic heterocycles. The largest absolute Gasteiger partial charge is 0.486 e. The summed E-state index contributed by atoms with van der Waals surface area (Å²) in [6, 6.07) is 1.84. The van der Waals surface area contributed by atoms with E-state index in [1.165, 1.54) is 0 Å². The second-order valence-corrected chi connectivity index (χ2v) is 4.73. The van der Waals surface area contributed by atoms with Gasteiger partial charge in [-0.15, -0.1) is 0 Å². The minimum Gasteiger partial charge on any atom is -0.486 e. The number of ether oxygens (including phenoxy) is 2. The van der Waals surface area contributed by atoms with Crippen LogP contribution in [-0.4, -0.2) is 24.9 Å². The number of hydrogen-bond acceptors (Lipinski definition) is 4. The Hall–Kier alpha value is -0.780. The topological polar surface area (TPSA) is 64.7 Å². The zero-order chi connectivity index (χ0) is 12.4. The molecule has 0 radical (unpaired) electrons. The first-order valence-electron chi connectivity index (χ1n) is 5.68. The van der Waals surface area contributed by atoms with Crippen molar-refractivity contribution < 1.29 is 14.6 Å². The first-order chi connectivity index (χ1) is 8.19. The summed E-state index contributed by atoms with van der Waals surface area (Å²) in [7, 11) is 0. The van der Waals surface area contributed by atoms with Crippen LogP contribution >= 0.6 is 15.9 Å². The molecule has 1 atom stereocenters. The number of halogens is 1. The fourth-order valence-corrected chi connectivity index (χ4v) is 2.77. The quantitative estimate of drug-likeness (QED) is 0.893. The molecule has 0 fully saturated rings. The number of benzene rings is 1. The molecular weight excluding hydrogens is 286 g/mol. The summed E-state index contributed by atoms with van der Waals surface area (Å²) in [6.07, 6.45) is 0.0764. The first-order valence-corrected chi connectivity index (χ1v) is 6.47. The van der Waals surface area contributed by atoms with Gasteiger partial charge in [0.05, 0.1) is 6.10 Å². The van der Waals surface area contributed by atoms with E-state index in [2.05, 4.69) is 15.9 Å². The van der Waals surface area contributed by atoms with Crippen LogP contribution in [0.5, 0.6) is 11.5 Å². The van der Waals surface area contributed by atoms with Crippen molar-refractivity contribution >= 4 is 15.9 Å². The van der Waals surface area contributed by atoms with E-state index in [0.29, 0.717) is 13.2 Å². The molecule has 0 amide bonds. The molecule has 2 rings (SSSR count). The van der Waals surface area contributed by atoms with Crippen LogP contribution in [0.25, 0.3) is 0 Å². The van der Waals surface area contributed by atoms with E-state index < -0.39 is 6.10 Å². The molecule has 1 heterocycles. The van der Waals surface area contributed by atoms with Gasteiger partial charge >= 0.3 is 0 Å². The van der Waals surface area contributed by atoms with E-state index in [1.54, 1.807) is 0 Å². The SMILES string of the molecule is CCc1c2c(cc(Br)c1C(O)CN)OCCO2. The van der Waals surface area contributed by atoms with Gasteiger partial charge in [0.2, 0.25) is 0 Å². The highest BCUT2D eigenvalue weighted by Crippen LogP contribution is 2.42. The summed E-state index contributed by atoms with van der Waals surface area (Å²) in [5.74, 6) is 1.47. The zero-order valence-corrected chi connectivity index (χ0v) is 11.3. The molecule has 0 spiro atoms. The molecule has 1 aliphatic rings. The van der Waals surface area contributed by atoms with Crippen molar-refractivity contribution in [2.45, 2.75) is 19.4 Å². The highest BCUT2D eigenvalue weighted by atomic mass is 79.9. The third-order valence-corrected chi connectivity index (χ3v) is 3.49. The third-order valence-electron chi connectivity index (χ3n) is 2.84. The molecule has 0 saturated heterocycles. The Labute approximate surface area is 109 Å². The van der Waals surface area contributed by atoms with Crippen molar-refractivity contribution in [2.24, 2.45) is 5.73 Å². The molecule has 0 saturated carbocycles. The summed E-state index contributed by atoms with van der Waals surface area (Å²) in [5, 5.41) is 9.97. The van der Waals surface area contributed by atoms with Gasteiger partial charge in [-0.05, 0) is 12.5 Å². The molecule has 1 unspecified atom stereocenters. The van der Waals surface area contributed by atoms with Crippen LogP contribution in [-0.2, 0) is 6.42 Å². The summed E-state index contributed by atoms with van der Waals surface area (Å²) in [6.45, 7) is 3.30. The lowest BCUT2D eigenvalue weighted by molar-refractivity contribution is 0.163. The average Bonchev–Trinajstić information content (AvgIpc) is 2.36. The molecule has 0 aromatic heterocycles. The maximum absolute atomic E-state index is 9.97. The second kappa shape index (κ2) is 5.25. The summed E-state index contributed by atoms with van der Waals surface area (Å²) >= 11 is 3.46. The van der Waals surface area contributed by atoms with Crippen LogP contribution in [0.4, 0.5) is 0 Å². The van der Waals surface area contributed by atoms with Gasteiger partial charge in [-0.1, -0.05) is 22.9 Å². The van der Waals surface area contributed by atoms with Crippen LogP contribution in [0.1, 0.15) is 24.2 Å². The molecule has 0 aliphatic carbocycles. The monoisotopic (exact) mass is 301 g/mol. The molecule has 0 bridgehead atoms. The molecule has 5 heteroatoms. The van der Waals surface area contributed by atoms with Crippen molar-refractivity contribution in [3.8, 4) is 11.5 Å². The molecule has 17 heavy (non-hydrogen) atoms. The Bertz CT molecular complexity index is 423. The predicted octanol–water partition coefficient (Wildman–Crippen LogP) is 1.77. The lowest BCUT2D eigenvalue weighted by atomic mass is 9.98. The van der Waals surface area contributed by atoms with Crippen molar-refractivity contribution in [1.82, 2.24) is 0 Å². The fourth-order valence-electron chi connectivity index (χ4n) is 2.06. The van der Waals surface area contributed by atoms with E-state index in [4.69, 9.17) is 15.2 Å². The Morgan fingerprint density at radius 2 is 2.18 bits per heavy atom. The van der Waals surface area contributed by atoms with Gasteiger partial charge in [0.25, 0.3) is 0 Å². The summed E-state index contributed by atoms with van der Waals surface area (Å²) < 4.78 is 12.0. The van der Waals surface area contributed by atoms with Gasteiger partial charge in [-0.2, -0.15) is 0 Å². The number of aliphatic hydroxyl groups excluding tert-OH is 1. The van der Waals surface area contributed by atoms with Crippen molar-refractivity contribution in [1.29, 1.82) is 0 Å². The van der Waals surface area contributed by atoms with Crippen molar-refractivity contribution in [2.75, 3.05) is 19.8 Å². The van der Waals surface area contributed by atoms with Crippen LogP contribution in [0, 0.1) is 0 Å². The lowest BCUT2D eigenvalue weighted by Crippen LogP contribution is -2.20. The minimum atomic E-state index is -0.685. The Morgan fingerprint density at radius 1 is 1.47 bits per heavy atom. The highest BCUT2D eigenvalue weighted by molar-refractivity contribution is 9.10. The normalized spacial score (nSPS) is 15.8. The van der Waals surface area contributed by atoms with E-state index in [0.717, 1.165) is 33.5 Å². The summed E-state index contributed by atoms with van der Waals surface area (Å²) in [4.78, 5) is 0.